The fourth-order valence-corrected chi connectivity index (χ4v) is 2.46. The number of hydrogen-bond acceptors (Lipinski definition) is 4. The van der Waals surface area contributed by atoms with E-state index in [4.69, 9.17) is 21.1 Å². The molecule has 1 heterocycles. The minimum absolute atomic E-state index is 0. The lowest BCUT2D eigenvalue weighted by atomic mass is 10.2. The third kappa shape index (κ3) is 6.45. The zero-order valence-electron chi connectivity index (χ0n) is 13.5. The second kappa shape index (κ2) is 9.85. The number of carbonyl (C=O) groups is 1. The van der Waals surface area contributed by atoms with Crippen LogP contribution in [0.2, 0.25) is 5.02 Å². The van der Waals surface area contributed by atoms with Gasteiger partial charge < -0.3 is 14.4 Å². The van der Waals surface area contributed by atoms with Gasteiger partial charge in [0.05, 0.1) is 0 Å². The van der Waals surface area contributed by atoms with Crippen molar-refractivity contribution in [1.29, 1.82) is 0 Å². The molecule has 0 spiro atoms. The van der Waals surface area contributed by atoms with E-state index in [1.807, 2.05) is 0 Å². The van der Waals surface area contributed by atoms with E-state index in [1.165, 1.54) is 0 Å². The van der Waals surface area contributed by atoms with Crippen molar-refractivity contribution in [3.05, 3.63) is 29.3 Å². The Kier molecular flexibility index (Phi) is 8.52. The van der Waals surface area contributed by atoms with Crippen LogP contribution in [0.1, 0.15) is 13.8 Å². The predicted molar refractivity (Wildman–Crippen MR) is 93.8 cm³/mol. The van der Waals surface area contributed by atoms with Gasteiger partial charge in [-0.25, -0.2) is 4.79 Å². The van der Waals surface area contributed by atoms with E-state index in [0.717, 1.165) is 26.2 Å². The van der Waals surface area contributed by atoms with Gasteiger partial charge in [0.2, 0.25) is 0 Å². The van der Waals surface area contributed by atoms with Crippen LogP contribution in [0.25, 0.3) is 0 Å². The van der Waals surface area contributed by atoms with Gasteiger partial charge in [-0.3, -0.25) is 4.90 Å². The Morgan fingerprint density at radius 2 is 1.74 bits per heavy atom. The Morgan fingerprint density at radius 3 is 2.30 bits per heavy atom. The highest BCUT2D eigenvalue weighted by Gasteiger charge is 2.23. The van der Waals surface area contributed by atoms with E-state index in [1.54, 1.807) is 29.2 Å². The number of rotatable bonds is 5. The third-order valence-corrected chi connectivity index (χ3v) is 3.95. The molecule has 0 unspecified atom stereocenters. The van der Waals surface area contributed by atoms with Crippen LogP contribution < -0.4 is 4.74 Å². The fourth-order valence-electron chi connectivity index (χ4n) is 2.33. The number of nitrogens with zero attached hydrogens (tertiary/aromatic N) is 2. The smallest absolute Gasteiger partial charge is 0.409 e. The van der Waals surface area contributed by atoms with Crippen LogP contribution in [0.4, 0.5) is 4.79 Å². The average molecular weight is 363 g/mol. The normalized spacial score (nSPS) is 15.2. The highest BCUT2D eigenvalue weighted by molar-refractivity contribution is 6.30. The molecule has 1 aliphatic rings. The summed E-state index contributed by atoms with van der Waals surface area (Å²) < 4.78 is 10.7. The number of ether oxygens (including phenoxy) is 2. The first kappa shape index (κ1) is 19.9. The van der Waals surface area contributed by atoms with E-state index in [9.17, 15) is 4.79 Å². The van der Waals surface area contributed by atoms with Crippen molar-refractivity contribution >= 4 is 30.1 Å². The third-order valence-electron chi connectivity index (χ3n) is 3.69. The Bertz CT molecular complexity index is 475. The predicted octanol–water partition coefficient (Wildman–Crippen LogP) is 3.30. The van der Waals surface area contributed by atoms with E-state index < -0.39 is 0 Å². The largest absolute Gasteiger partial charge is 0.490 e. The molecule has 1 fully saturated rings. The van der Waals surface area contributed by atoms with Crippen LogP contribution in [-0.4, -0.2) is 61.3 Å². The zero-order valence-corrected chi connectivity index (χ0v) is 15.1. The lowest BCUT2D eigenvalue weighted by molar-refractivity contribution is 0.0606. The SMILES string of the molecule is CC(C)N1CCN(C(=O)OCCOc2ccc(Cl)cc2)CC1.Cl. The zero-order chi connectivity index (χ0) is 15.9. The summed E-state index contributed by atoms with van der Waals surface area (Å²) in [5.41, 5.74) is 0. The number of carbonyl (C=O) groups excluding carboxylic acids is 1. The second-order valence-corrected chi connectivity index (χ2v) is 5.97. The van der Waals surface area contributed by atoms with Gasteiger partial charge in [0.1, 0.15) is 19.0 Å². The summed E-state index contributed by atoms with van der Waals surface area (Å²) in [5, 5.41) is 0.666. The molecule has 5 nitrogen and oxygen atoms in total. The fraction of sp³-hybridized carbons (Fsp3) is 0.562. The van der Waals surface area contributed by atoms with Gasteiger partial charge in [0, 0.05) is 37.2 Å². The number of halogens is 2. The van der Waals surface area contributed by atoms with Crippen molar-refractivity contribution < 1.29 is 14.3 Å². The van der Waals surface area contributed by atoms with E-state index in [2.05, 4.69) is 18.7 Å². The molecule has 0 atom stereocenters. The lowest BCUT2D eigenvalue weighted by Gasteiger charge is -2.36. The topological polar surface area (TPSA) is 42.0 Å². The highest BCUT2D eigenvalue weighted by atomic mass is 35.5. The van der Waals surface area contributed by atoms with Crippen LogP contribution in [0, 0.1) is 0 Å². The van der Waals surface area contributed by atoms with Gasteiger partial charge >= 0.3 is 6.09 Å². The molecule has 0 bridgehead atoms. The summed E-state index contributed by atoms with van der Waals surface area (Å²) in [6.07, 6.45) is -0.261. The molecular weight excluding hydrogens is 339 g/mol. The first-order valence-corrected chi connectivity index (χ1v) is 7.98. The molecule has 1 amide bonds. The molecule has 0 N–H and O–H groups in total. The minimum Gasteiger partial charge on any atom is -0.490 e. The maximum absolute atomic E-state index is 11.9. The molecule has 2 rings (SSSR count). The molecule has 0 saturated carbocycles. The molecule has 0 radical (unpaired) electrons. The highest BCUT2D eigenvalue weighted by Crippen LogP contribution is 2.15. The summed E-state index contributed by atoms with van der Waals surface area (Å²) in [4.78, 5) is 16.0. The quantitative estimate of drug-likeness (QED) is 0.753. The Hall–Kier alpha value is -1.17. The molecule has 7 heteroatoms. The Labute approximate surface area is 148 Å². The van der Waals surface area contributed by atoms with Crippen LogP contribution in [0.3, 0.4) is 0 Å². The standard InChI is InChI=1S/C16H23ClN2O3.ClH/c1-13(2)18-7-9-19(10-8-18)16(20)22-12-11-21-15-5-3-14(17)4-6-15;/h3-6,13H,7-12H2,1-2H3;1H. The van der Waals surface area contributed by atoms with Crippen molar-refractivity contribution in [3.63, 3.8) is 0 Å². The minimum atomic E-state index is -0.261. The molecule has 1 aliphatic heterocycles. The van der Waals surface area contributed by atoms with Gasteiger partial charge in [-0.1, -0.05) is 11.6 Å². The summed E-state index contributed by atoms with van der Waals surface area (Å²) in [7, 11) is 0. The Balaban J connectivity index is 0.00000264. The Morgan fingerprint density at radius 1 is 1.13 bits per heavy atom. The van der Waals surface area contributed by atoms with Crippen molar-refractivity contribution in [1.82, 2.24) is 9.80 Å². The molecule has 23 heavy (non-hydrogen) atoms. The summed E-state index contributed by atoms with van der Waals surface area (Å²) >= 11 is 5.80. The van der Waals surface area contributed by atoms with Gasteiger partial charge in [-0.15, -0.1) is 12.4 Å². The number of hydrogen-bond donors (Lipinski definition) is 0. The molecule has 1 saturated heterocycles. The monoisotopic (exact) mass is 362 g/mol. The molecule has 1 aromatic carbocycles. The maximum atomic E-state index is 11.9. The first-order valence-electron chi connectivity index (χ1n) is 7.60. The van der Waals surface area contributed by atoms with Crippen LogP contribution in [0.15, 0.2) is 24.3 Å². The van der Waals surface area contributed by atoms with E-state index in [-0.39, 0.29) is 25.1 Å². The van der Waals surface area contributed by atoms with Crippen LogP contribution in [-0.2, 0) is 4.74 Å². The van der Waals surface area contributed by atoms with Gasteiger partial charge in [0.15, 0.2) is 0 Å². The molecule has 1 aromatic rings. The van der Waals surface area contributed by atoms with Crippen molar-refractivity contribution in [2.75, 3.05) is 39.4 Å². The first-order chi connectivity index (χ1) is 10.6. The van der Waals surface area contributed by atoms with E-state index in [0.29, 0.717) is 23.4 Å². The second-order valence-electron chi connectivity index (χ2n) is 5.53. The molecule has 0 aromatic heterocycles. The van der Waals surface area contributed by atoms with Crippen molar-refractivity contribution in [3.8, 4) is 5.75 Å². The lowest BCUT2D eigenvalue weighted by Crippen LogP contribution is -2.50. The van der Waals surface area contributed by atoms with Gasteiger partial charge in [0.25, 0.3) is 0 Å². The average Bonchev–Trinajstić information content (AvgIpc) is 2.53. The summed E-state index contributed by atoms with van der Waals surface area (Å²) in [6, 6.07) is 7.62. The van der Waals surface area contributed by atoms with Crippen molar-refractivity contribution in [2.24, 2.45) is 0 Å². The summed E-state index contributed by atoms with van der Waals surface area (Å²) in [5.74, 6) is 0.714. The van der Waals surface area contributed by atoms with E-state index >= 15 is 0 Å². The van der Waals surface area contributed by atoms with Gasteiger partial charge in [-0.05, 0) is 38.1 Å². The van der Waals surface area contributed by atoms with Gasteiger partial charge in [-0.2, -0.15) is 0 Å². The molecular formula is C16H24Cl2N2O3. The van der Waals surface area contributed by atoms with Crippen LogP contribution in [0.5, 0.6) is 5.75 Å². The number of benzene rings is 1. The van der Waals surface area contributed by atoms with Crippen molar-refractivity contribution in [2.45, 2.75) is 19.9 Å². The molecule has 0 aliphatic carbocycles. The number of piperazine rings is 1. The summed E-state index contributed by atoms with van der Waals surface area (Å²) in [6.45, 7) is 8.14. The molecule has 130 valence electrons. The van der Waals surface area contributed by atoms with Crippen LogP contribution >= 0.6 is 24.0 Å². The maximum Gasteiger partial charge on any atom is 0.409 e. The number of amides is 1.